The molecule has 1 atom stereocenters. The molecule has 0 aliphatic rings. The number of carbonyl (C=O) groups excluding carboxylic acids is 2. The lowest BCUT2D eigenvalue weighted by Gasteiger charge is -2.31. The zero-order valence-electron chi connectivity index (χ0n) is 19.9. The molecule has 1 N–H and O–H groups in total. The Labute approximate surface area is 217 Å². The minimum Gasteiger partial charge on any atom is -0.482 e. The third-order valence-corrected chi connectivity index (χ3v) is 5.93. The van der Waals surface area contributed by atoms with E-state index in [1.807, 2.05) is 74.5 Å². The van der Waals surface area contributed by atoms with E-state index in [2.05, 4.69) is 5.32 Å². The number of rotatable bonds is 11. The fourth-order valence-electron chi connectivity index (χ4n) is 3.57. The van der Waals surface area contributed by atoms with E-state index in [-0.39, 0.29) is 30.9 Å². The number of hydrogen-bond donors (Lipinski definition) is 1. The number of ether oxygens (including phenoxy) is 1. The van der Waals surface area contributed by atoms with Gasteiger partial charge in [0.25, 0.3) is 5.91 Å². The van der Waals surface area contributed by atoms with Gasteiger partial charge in [0, 0.05) is 24.5 Å². The summed E-state index contributed by atoms with van der Waals surface area (Å²) < 4.78 is 5.74. The summed E-state index contributed by atoms with van der Waals surface area (Å²) in [5.74, 6) is 0.120. The fraction of sp³-hybridized carbons (Fsp3) is 0.286. The van der Waals surface area contributed by atoms with Crippen molar-refractivity contribution < 1.29 is 14.3 Å². The monoisotopic (exact) mass is 512 g/mol. The molecule has 0 aliphatic heterocycles. The molecule has 184 valence electrons. The van der Waals surface area contributed by atoms with Crippen LogP contribution in [0.25, 0.3) is 0 Å². The van der Waals surface area contributed by atoms with Crippen LogP contribution in [-0.4, -0.2) is 35.9 Å². The van der Waals surface area contributed by atoms with Gasteiger partial charge in [0.2, 0.25) is 5.91 Å². The molecule has 3 rings (SSSR count). The maximum Gasteiger partial charge on any atom is 0.261 e. The molecule has 0 aliphatic carbocycles. The average molecular weight is 513 g/mol. The van der Waals surface area contributed by atoms with Gasteiger partial charge in [-0.25, -0.2) is 0 Å². The summed E-state index contributed by atoms with van der Waals surface area (Å²) in [6.07, 6.45) is 0.380. The number of halogens is 2. The molecule has 0 spiro atoms. The predicted molar refractivity (Wildman–Crippen MR) is 141 cm³/mol. The molecule has 0 bridgehead atoms. The molecule has 2 amide bonds. The highest BCUT2D eigenvalue weighted by Gasteiger charge is 2.30. The van der Waals surface area contributed by atoms with Gasteiger partial charge in [0.1, 0.15) is 11.8 Å². The molecular weight excluding hydrogens is 483 g/mol. The van der Waals surface area contributed by atoms with E-state index in [0.29, 0.717) is 28.8 Å². The van der Waals surface area contributed by atoms with Crippen molar-refractivity contribution in [1.29, 1.82) is 0 Å². The molecule has 0 heterocycles. The van der Waals surface area contributed by atoms with Gasteiger partial charge in [-0.1, -0.05) is 97.7 Å². The third-order valence-electron chi connectivity index (χ3n) is 5.40. The highest BCUT2D eigenvalue weighted by atomic mass is 35.5. The van der Waals surface area contributed by atoms with E-state index in [9.17, 15) is 9.59 Å². The minimum absolute atomic E-state index is 0.198. The zero-order valence-corrected chi connectivity index (χ0v) is 21.4. The lowest BCUT2D eigenvalue weighted by molar-refractivity contribution is -0.142. The van der Waals surface area contributed by atoms with Crippen molar-refractivity contribution in [3.63, 3.8) is 0 Å². The third kappa shape index (κ3) is 8.30. The molecule has 3 aromatic rings. The number of hydrogen-bond acceptors (Lipinski definition) is 3. The van der Waals surface area contributed by atoms with Crippen molar-refractivity contribution in [2.24, 2.45) is 5.92 Å². The first kappa shape index (κ1) is 26.6. The van der Waals surface area contributed by atoms with Gasteiger partial charge in [-0.05, 0) is 35.2 Å². The minimum atomic E-state index is -0.715. The number of carbonyl (C=O) groups is 2. The molecule has 0 saturated carbocycles. The Morgan fingerprint density at radius 3 is 2.14 bits per heavy atom. The molecule has 35 heavy (non-hydrogen) atoms. The molecule has 7 heteroatoms. The Kier molecular flexibility index (Phi) is 10.0. The second-order valence-electron chi connectivity index (χ2n) is 8.72. The standard InChI is InChI=1S/C28H30Cl2N2O3/c1-20(2)17-31-28(34)25(15-21-9-5-3-6-10-21)32(18-22-11-7-4-8-12-22)27(33)19-35-26-14-13-23(29)16-24(26)30/h3-14,16,20,25H,15,17-19H2,1-2H3,(H,31,34)/t25-/m1/s1. The van der Waals surface area contributed by atoms with Crippen LogP contribution >= 0.6 is 23.2 Å². The van der Waals surface area contributed by atoms with E-state index >= 15 is 0 Å². The Bertz CT molecular complexity index is 1110. The Hall–Kier alpha value is -3.02. The van der Waals surface area contributed by atoms with Crippen LogP contribution in [0.3, 0.4) is 0 Å². The molecular formula is C28H30Cl2N2O3. The van der Waals surface area contributed by atoms with Crippen LogP contribution in [0, 0.1) is 5.92 Å². The van der Waals surface area contributed by atoms with E-state index in [1.165, 1.54) is 0 Å². The SMILES string of the molecule is CC(C)CNC(=O)[C@@H](Cc1ccccc1)N(Cc1ccccc1)C(=O)COc1ccc(Cl)cc1Cl. The van der Waals surface area contributed by atoms with Crippen molar-refractivity contribution >= 4 is 35.0 Å². The van der Waals surface area contributed by atoms with E-state index in [1.54, 1.807) is 23.1 Å². The van der Waals surface area contributed by atoms with Crippen LogP contribution in [0.5, 0.6) is 5.75 Å². The van der Waals surface area contributed by atoms with Crippen molar-refractivity contribution in [2.45, 2.75) is 32.9 Å². The normalized spacial score (nSPS) is 11.7. The predicted octanol–water partition coefficient (Wildman–Crippen LogP) is 5.78. The van der Waals surface area contributed by atoms with Gasteiger partial charge < -0.3 is 15.0 Å². The van der Waals surface area contributed by atoms with Crippen LogP contribution < -0.4 is 10.1 Å². The van der Waals surface area contributed by atoms with Gasteiger partial charge in [0.05, 0.1) is 5.02 Å². The lowest BCUT2D eigenvalue weighted by Crippen LogP contribution is -2.52. The van der Waals surface area contributed by atoms with Gasteiger partial charge >= 0.3 is 0 Å². The van der Waals surface area contributed by atoms with Gasteiger partial charge in [0.15, 0.2) is 6.61 Å². The number of nitrogens with zero attached hydrogens (tertiary/aromatic N) is 1. The molecule has 0 radical (unpaired) electrons. The molecule has 0 fully saturated rings. The summed E-state index contributed by atoms with van der Waals surface area (Å²) in [6.45, 7) is 4.58. The first-order valence-electron chi connectivity index (χ1n) is 11.6. The Morgan fingerprint density at radius 1 is 0.914 bits per heavy atom. The fourth-order valence-corrected chi connectivity index (χ4v) is 4.03. The van der Waals surface area contributed by atoms with E-state index in [0.717, 1.165) is 11.1 Å². The first-order valence-corrected chi connectivity index (χ1v) is 12.3. The molecule has 5 nitrogen and oxygen atoms in total. The quantitative estimate of drug-likeness (QED) is 0.354. The zero-order chi connectivity index (χ0) is 25.2. The summed E-state index contributed by atoms with van der Waals surface area (Å²) in [6, 6.07) is 23.4. The van der Waals surface area contributed by atoms with Gasteiger partial charge in [-0.3, -0.25) is 9.59 Å². The second kappa shape index (κ2) is 13.2. The molecule has 0 aromatic heterocycles. The van der Waals surface area contributed by atoms with Crippen LogP contribution in [0.4, 0.5) is 0 Å². The molecule has 0 saturated heterocycles. The summed E-state index contributed by atoms with van der Waals surface area (Å²) in [5.41, 5.74) is 1.88. The number of benzene rings is 3. The topological polar surface area (TPSA) is 58.6 Å². The van der Waals surface area contributed by atoms with Crippen molar-refractivity contribution in [1.82, 2.24) is 10.2 Å². The average Bonchev–Trinajstić information content (AvgIpc) is 2.85. The van der Waals surface area contributed by atoms with Crippen molar-refractivity contribution in [3.05, 3.63) is 100 Å². The van der Waals surface area contributed by atoms with Crippen molar-refractivity contribution in [3.8, 4) is 5.75 Å². The maximum atomic E-state index is 13.5. The molecule has 3 aromatic carbocycles. The summed E-state index contributed by atoms with van der Waals surface area (Å²) in [4.78, 5) is 28.5. The smallest absolute Gasteiger partial charge is 0.261 e. The highest BCUT2D eigenvalue weighted by molar-refractivity contribution is 6.35. The van der Waals surface area contributed by atoms with Gasteiger partial charge in [-0.2, -0.15) is 0 Å². The highest BCUT2D eigenvalue weighted by Crippen LogP contribution is 2.27. The van der Waals surface area contributed by atoms with Crippen LogP contribution in [0.2, 0.25) is 10.0 Å². The number of nitrogens with one attached hydrogen (secondary N) is 1. The largest absolute Gasteiger partial charge is 0.482 e. The summed E-state index contributed by atoms with van der Waals surface area (Å²) >= 11 is 12.2. The van der Waals surface area contributed by atoms with Crippen LogP contribution in [0.1, 0.15) is 25.0 Å². The Morgan fingerprint density at radius 2 is 1.54 bits per heavy atom. The van der Waals surface area contributed by atoms with Gasteiger partial charge in [-0.15, -0.1) is 0 Å². The second-order valence-corrected chi connectivity index (χ2v) is 9.56. The van der Waals surface area contributed by atoms with E-state index in [4.69, 9.17) is 27.9 Å². The number of amides is 2. The molecule has 0 unspecified atom stereocenters. The lowest BCUT2D eigenvalue weighted by atomic mass is 10.0. The van der Waals surface area contributed by atoms with Crippen LogP contribution in [-0.2, 0) is 22.6 Å². The first-order chi connectivity index (χ1) is 16.8. The summed E-state index contributed by atoms with van der Waals surface area (Å²) in [5, 5.41) is 3.79. The summed E-state index contributed by atoms with van der Waals surface area (Å²) in [7, 11) is 0. The van der Waals surface area contributed by atoms with Crippen LogP contribution in [0.15, 0.2) is 78.9 Å². The van der Waals surface area contributed by atoms with Crippen molar-refractivity contribution in [2.75, 3.05) is 13.2 Å². The van der Waals surface area contributed by atoms with E-state index < -0.39 is 6.04 Å². The maximum absolute atomic E-state index is 13.5. The Balaban J connectivity index is 1.88.